The lowest BCUT2D eigenvalue weighted by molar-refractivity contribution is 0.0988. The molecule has 0 unspecified atom stereocenters. The molecule has 0 aromatic carbocycles. The van der Waals surface area contributed by atoms with Crippen LogP contribution in [0.1, 0.15) is 21.7 Å². The van der Waals surface area contributed by atoms with Crippen molar-refractivity contribution in [3.05, 3.63) is 58.1 Å². The van der Waals surface area contributed by atoms with Crippen LogP contribution >= 0.6 is 15.9 Å². The van der Waals surface area contributed by atoms with Crippen LogP contribution in [-0.2, 0) is 6.42 Å². The SMILES string of the molecule is Cc1cccc(C(=O)Cc2ccnc(Br)c2)n1. The number of rotatable bonds is 3. The molecule has 0 saturated heterocycles. The molecule has 2 aromatic rings. The summed E-state index contributed by atoms with van der Waals surface area (Å²) in [6, 6.07) is 9.13. The molecular formula is C13H11BrN2O. The molecule has 17 heavy (non-hydrogen) atoms. The minimum atomic E-state index is 0.0202. The van der Waals surface area contributed by atoms with Crippen molar-refractivity contribution < 1.29 is 4.79 Å². The number of hydrogen-bond donors (Lipinski definition) is 0. The fourth-order valence-electron chi connectivity index (χ4n) is 1.53. The zero-order chi connectivity index (χ0) is 12.3. The molecule has 0 aliphatic carbocycles. The third kappa shape index (κ3) is 3.20. The number of aryl methyl sites for hydroxylation is 1. The molecule has 0 amide bonds. The molecule has 3 nitrogen and oxygen atoms in total. The van der Waals surface area contributed by atoms with E-state index in [4.69, 9.17) is 0 Å². The minimum absolute atomic E-state index is 0.0202. The van der Waals surface area contributed by atoms with Gasteiger partial charge in [-0.15, -0.1) is 0 Å². The van der Waals surface area contributed by atoms with E-state index in [2.05, 4.69) is 25.9 Å². The Kier molecular flexibility index (Phi) is 3.64. The monoisotopic (exact) mass is 290 g/mol. The summed E-state index contributed by atoms with van der Waals surface area (Å²) >= 11 is 3.28. The minimum Gasteiger partial charge on any atom is -0.292 e. The summed E-state index contributed by atoms with van der Waals surface area (Å²) in [5.41, 5.74) is 2.30. The summed E-state index contributed by atoms with van der Waals surface area (Å²) in [6.45, 7) is 1.87. The number of nitrogens with zero attached hydrogens (tertiary/aromatic N) is 2. The van der Waals surface area contributed by atoms with Crippen LogP contribution in [0.2, 0.25) is 0 Å². The molecule has 2 rings (SSSR count). The van der Waals surface area contributed by atoms with E-state index >= 15 is 0 Å². The molecule has 0 aliphatic heterocycles. The number of aromatic nitrogens is 2. The van der Waals surface area contributed by atoms with Crippen molar-refractivity contribution in [1.29, 1.82) is 0 Å². The highest BCUT2D eigenvalue weighted by atomic mass is 79.9. The molecule has 0 spiro atoms. The second kappa shape index (κ2) is 5.19. The highest BCUT2D eigenvalue weighted by Crippen LogP contribution is 2.11. The predicted molar refractivity (Wildman–Crippen MR) is 68.9 cm³/mol. The van der Waals surface area contributed by atoms with Crippen LogP contribution in [0.25, 0.3) is 0 Å². The van der Waals surface area contributed by atoms with Gasteiger partial charge in [-0.25, -0.2) is 4.98 Å². The average molecular weight is 291 g/mol. The quantitative estimate of drug-likeness (QED) is 0.645. The number of carbonyl (C=O) groups is 1. The van der Waals surface area contributed by atoms with Gasteiger partial charge in [0.15, 0.2) is 5.78 Å². The lowest BCUT2D eigenvalue weighted by Gasteiger charge is -2.02. The fourth-order valence-corrected chi connectivity index (χ4v) is 1.94. The van der Waals surface area contributed by atoms with Gasteiger partial charge in [-0.3, -0.25) is 9.78 Å². The van der Waals surface area contributed by atoms with Crippen LogP contribution in [0.15, 0.2) is 41.1 Å². The molecule has 0 saturated carbocycles. The maximum Gasteiger partial charge on any atom is 0.185 e. The Morgan fingerprint density at radius 1 is 1.35 bits per heavy atom. The van der Waals surface area contributed by atoms with E-state index in [1.165, 1.54) is 0 Å². The topological polar surface area (TPSA) is 42.9 Å². The van der Waals surface area contributed by atoms with Crippen LogP contribution in [0, 0.1) is 6.92 Å². The van der Waals surface area contributed by atoms with E-state index in [1.54, 1.807) is 12.3 Å². The summed E-state index contributed by atoms with van der Waals surface area (Å²) in [5.74, 6) is 0.0202. The molecule has 0 N–H and O–H groups in total. The maximum atomic E-state index is 12.0. The number of pyridine rings is 2. The highest BCUT2D eigenvalue weighted by molar-refractivity contribution is 9.10. The van der Waals surface area contributed by atoms with Gasteiger partial charge in [0.2, 0.25) is 0 Å². The summed E-state index contributed by atoms with van der Waals surface area (Å²) in [5, 5.41) is 0. The number of ketones is 1. The lowest BCUT2D eigenvalue weighted by atomic mass is 10.1. The Balaban J connectivity index is 2.17. The Labute approximate surface area is 108 Å². The Hall–Kier alpha value is -1.55. The van der Waals surface area contributed by atoms with Crippen molar-refractivity contribution in [1.82, 2.24) is 9.97 Å². The van der Waals surface area contributed by atoms with Crippen molar-refractivity contribution in [2.45, 2.75) is 13.3 Å². The standard InChI is InChI=1S/C13H11BrN2O/c1-9-3-2-4-11(16-9)12(17)7-10-5-6-15-13(14)8-10/h2-6,8H,7H2,1H3. The van der Waals surface area contributed by atoms with Gasteiger partial charge >= 0.3 is 0 Å². The molecule has 2 heterocycles. The van der Waals surface area contributed by atoms with E-state index in [1.807, 2.05) is 31.2 Å². The Morgan fingerprint density at radius 2 is 2.18 bits per heavy atom. The van der Waals surface area contributed by atoms with Crippen molar-refractivity contribution in [2.75, 3.05) is 0 Å². The summed E-state index contributed by atoms with van der Waals surface area (Å²) < 4.78 is 0.736. The fraction of sp³-hybridized carbons (Fsp3) is 0.154. The van der Waals surface area contributed by atoms with E-state index in [0.29, 0.717) is 12.1 Å². The van der Waals surface area contributed by atoms with Gasteiger partial charge in [-0.05, 0) is 52.7 Å². The zero-order valence-corrected chi connectivity index (χ0v) is 10.9. The molecule has 0 radical (unpaired) electrons. The molecule has 0 atom stereocenters. The van der Waals surface area contributed by atoms with E-state index in [9.17, 15) is 4.79 Å². The molecular weight excluding hydrogens is 280 g/mol. The number of halogens is 1. The zero-order valence-electron chi connectivity index (χ0n) is 9.35. The average Bonchev–Trinajstić information content (AvgIpc) is 2.29. The largest absolute Gasteiger partial charge is 0.292 e. The predicted octanol–water partition coefficient (Wildman–Crippen LogP) is 2.97. The van der Waals surface area contributed by atoms with E-state index < -0.39 is 0 Å². The van der Waals surface area contributed by atoms with Crippen LogP contribution in [-0.4, -0.2) is 15.8 Å². The van der Waals surface area contributed by atoms with Crippen molar-refractivity contribution >= 4 is 21.7 Å². The normalized spacial score (nSPS) is 10.2. The second-order valence-corrected chi connectivity index (χ2v) is 4.56. The van der Waals surface area contributed by atoms with Gasteiger partial charge in [0, 0.05) is 18.3 Å². The van der Waals surface area contributed by atoms with Crippen LogP contribution in [0.3, 0.4) is 0 Å². The van der Waals surface area contributed by atoms with Crippen LogP contribution < -0.4 is 0 Å². The summed E-state index contributed by atoms with van der Waals surface area (Å²) in [6.07, 6.45) is 2.02. The van der Waals surface area contributed by atoms with Crippen molar-refractivity contribution in [2.24, 2.45) is 0 Å². The number of hydrogen-bond acceptors (Lipinski definition) is 3. The first-order valence-electron chi connectivity index (χ1n) is 5.22. The van der Waals surface area contributed by atoms with Crippen LogP contribution in [0.5, 0.6) is 0 Å². The first kappa shape index (κ1) is 11.9. The Morgan fingerprint density at radius 3 is 2.88 bits per heavy atom. The second-order valence-electron chi connectivity index (χ2n) is 3.75. The summed E-state index contributed by atoms with van der Waals surface area (Å²) in [7, 11) is 0. The van der Waals surface area contributed by atoms with E-state index in [-0.39, 0.29) is 5.78 Å². The summed E-state index contributed by atoms with van der Waals surface area (Å²) in [4.78, 5) is 20.2. The third-order valence-corrected chi connectivity index (χ3v) is 2.76. The molecule has 4 heteroatoms. The van der Waals surface area contributed by atoms with Gasteiger partial charge < -0.3 is 0 Å². The molecule has 0 fully saturated rings. The van der Waals surface area contributed by atoms with Crippen molar-refractivity contribution in [3.8, 4) is 0 Å². The smallest absolute Gasteiger partial charge is 0.185 e. The van der Waals surface area contributed by atoms with Gasteiger partial charge in [0.25, 0.3) is 0 Å². The third-order valence-electron chi connectivity index (χ3n) is 2.33. The first-order chi connectivity index (χ1) is 8.15. The molecule has 2 aromatic heterocycles. The van der Waals surface area contributed by atoms with Gasteiger partial charge in [-0.1, -0.05) is 6.07 Å². The lowest BCUT2D eigenvalue weighted by Crippen LogP contribution is -2.06. The van der Waals surface area contributed by atoms with Gasteiger partial charge in [-0.2, -0.15) is 0 Å². The van der Waals surface area contributed by atoms with Gasteiger partial charge in [0.05, 0.1) is 0 Å². The highest BCUT2D eigenvalue weighted by Gasteiger charge is 2.08. The van der Waals surface area contributed by atoms with E-state index in [0.717, 1.165) is 15.9 Å². The molecule has 0 bridgehead atoms. The maximum absolute atomic E-state index is 12.0. The first-order valence-corrected chi connectivity index (χ1v) is 6.02. The van der Waals surface area contributed by atoms with Crippen molar-refractivity contribution in [3.63, 3.8) is 0 Å². The van der Waals surface area contributed by atoms with Crippen LogP contribution in [0.4, 0.5) is 0 Å². The Bertz CT molecular complexity index is 555. The molecule has 0 aliphatic rings. The number of Topliss-reactive ketones (excluding diaryl/α,β-unsaturated/α-hetero) is 1. The van der Waals surface area contributed by atoms with Gasteiger partial charge in [0.1, 0.15) is 10.3 Å². The molecule has 86 valence electrons. The number of carbonyl (C=O) groups excluding carboxylic acids is 1.